The molecule has 1 atom stereocenters. The molecule has 0 aliphatic carbocycles. The maximum absolute atomic E-state index is 13.4. The van der Waals surface area contributed by atoms with Crippen molar-refractivity contribution in [3.63, 3.8) is 0 Å². The van der Waals surface area contributed by atoms with Crippen LogP contribution in [0.25, 0.3) is 0 Å². The lowest BCUT2D eigenvalue weighted by Gasteiger charge is -2.38. The molecule has 0 aromatic carbocycles. The lowest BCUT2D eigenvalue weighted by molar-refractivity contribution is -0.452. The highest BCUT2D eigenvalue weighted by atomic mass is 19.4. The molecule has 0 aromatic rings. The maximum atomic E-state index is 13.4. The fraction of sp³-hybridized carbons (Fsp3) is 0.769. The number of aliphatic hydroxyl groups excluding tert-OH is 1. The van der Waals surface area contributed by atoms with Crippen LogP contribution in [0.15, 0.2) is 12.2 Å². The Balaban J connectivity index is 5.73. The van der Waals surface area contributed by atoms with Crippen LogP contribution < -0.4 is 0 Å². The van der Waals surface area contributed by atoms with Crippen molar-refractivity contribution in [3.05, 3.63) is 12.2 Å². The largest absolute Gasteiger partial charge is 0.454 e. The number of ether oxygens (including phenoxy) is 2. The van der Waals surface area contributed by atoms with Crippen molar-refractivity contribution in [1.29, 1.82) is 0 Å². The Labute approximate surface area is 154 Å². The van der Waals surface area contributed by atoms with Crippen molar-refractivity contribution in [2.24, 2.45) is 0 Å². The van der Waals surface area contributed by atoms with Crippen molar-refractivity contribution in [3.8, 4) is 0 Å². The summed E-state index contributed by atoms with van der Waals surface area (Å²) in [5.41, 5.74) is -0.402. The van der Waals surface area contributed by atoms with Crippen molar-refractivity contribution in [1.82, 2.24) is 0 Å². The summed E-state index contributed by atoms with van der Waals surface area (Å²) in [5, 5.41) is 8.74. The molecule has 1 unspecified atom stereocenters. The first kappa shape index (κ1) is 27.3. The van der Waals surface area contributed by atoms with Crippen molar-refractivity contribution < 1.29 is 72.1 Å². The Bertz CT molecular complexity index is 605. The van der Waals surface area contributed by atoms with Crippen LogP contribution in [0, 0.1) is 0 Å². The second-order valence-corrected chi connectivity index (χ2v) is 5.46. The average molecular weight is 460 g/mol. The number of alkyl halides is 12. The fourth-order valence-electron chi connectivity index (χ4n) is 1.39. The molecule has 0 heterocycles. The van der Waals surface area contributed by atoms with Crippen LogP contribution >= 0.6 is 0 Å². The smallest absolute Gasteiger partial charge is 0.426 e. The van der Waals surface area contributed by atoms with Gasteiger partial charge in [-0.3, -0.25) is 0 Å². The van der Waals surface area contributed by atoms with Crippen LogP contribution in [0.3, 0.4) is 0 Å². The maximum Gasteiger partial charge on any atom is 0.426 e. The molecule has 0 aliphatic rings. The molecular formula is C13H12F12O4. The van der Waals surface area contributed by atoms with E-state index in [1.54, 1.807) is 0 Å². The lowest BCUT2D eigenvalue weighted by Crippen LogP contribution is -2.69. The number of carbonyl (C=O) groups is 1. The van der Waals surface area contributed by atoms with Gasteiger partial charge in [0.1, 0.15) is 6.10 Å². The Morgan fingerprint density at radius 3 is 1.72 bits per heavy atom. The summed E-state index contributed by atoms with van der Waals surface area (Å²) in [4.78, 5) is 11.1. The zero-order chi connectivity index (χ0) is 23.6. The van der Waals surface area contributed by atoms with Gasteiger partial charge in [0.15, 0.2) is 0 Å². The second kappa shape index (κ2) is 8.57. The molecule has 0 rings (SSSR count). The molecule has 0 spiro atoms. The summed E-state index contributed by atoms with van der Waals surface area (Å²) in [7, 11) is 0. The number of halogens is 12. The molecule has 0 saturated carbocycles. The molecule has 1 N–H and O–H groups in total. The average Bonchev–Trinajstić information content (AvgIpc) is 2.57. The molecule has 0 bridgehead atoms. The van der Waals surface area contributed by atoms with Crippen LogP contribution in [0.2, 0.25) is 0 Å². The normalized spacial score (nSPS) is 15.4. The van der Waals surface area contributed by atoms with Gasteiger partial charge in [-0.05, 0) is 6.92 Å². The van der Waals surface area contributed by atoms with Crippen LogP contribution in [-0.4, -0.2) is 66.6 Å². The van der Waals surface area contributed by atoms with E-state index in [1.807, 2.05) is 0 Å². The van der Waals surface area contributed by atoms with Crippen LogP contribution in [0.4, 0.5) is 52.7 Å². The molecule has 0 amide bonds. The quantitative estimate of drug-likeness (QED) is 0.289. The highest BCUT2D eigenvalue weighted by Crippen LogP contribution is 2.58. The van der Waals surface area contributed by atoms with Crippen LogP contribution in [0.5, 0.6) is 0 Å². The van der Waals surface area contributed by atoms with Gasteiger partial charge >= 0.3 is 42.2 Å². The predicted molar refractivity (Wildman–Crippen MR) is 68.5 cm³/mol. The van der Waals surface area contributed by atoms with Crippen LogP contribution in [0.1, 0.15) is 6.92 Å². The number of carbonyl (C=O) groups excluding carboxylic acids is 1. The van der Waals surface area contributed by atoms with Gasteiger partial charge in [-0.25, -0.2) is 13.6 Å². The number of esters is 1. The summed E-state index contributed by atoms with van der Waals surface area (Å²) >= 11 is 0. The zero-order valence-electron chi connectivity index (χ0n) is 14.0. The Kier molecular flexibility index (Phi) is 8.07. The highest BCUT2D eigenvalue weighted by Gasteiger charge is 2.88. The molecule has 4 nitrogen and oxygen atoms in total. The van der Waals surface area contributed by atoms with E-state index >= 15 is 0 Å². The molecule has 29 heavy (non-hydrogen) atoms. The van der Waals surface area contributed by atoms with Crippen molar-refractivity contribution in [2.45, 2.75) is 49.3 Å². The van der Waals surface area contributed by atoms with E-state index in [4.69, 9.17) is 5.11 Å². The Hall–Kier alpha value is -1.71. The number of rotatable bonds is 11. The first-order chi connectivity index (χ1) is 12.7. The predicted octanol–water partition coefficient (Wildman–Crippen LogP) is 3.88. The van der Waals surface area contributed by atoms with Gasteiger partial charge in [-0.2, -0.15) is 43.9 Å². The first-order valence-electron chi connectivity index (χ1n) is 6.99. The summed E-state index contributed by atoms with van der Waals surface area (Å²) in [6, 6.07) is 0. The highest BCUT2D eigenvalue weighted by molar-refractivity contribution is 5.87. The molecule has 16 heteroatoms. The third kappa shape index (κ3) is 4.90. The molecule has 0 aliphatic heterocycles. The van der Waals surface area contributed by atoms with Crippen molar-refractivity contribution in [2.75, 3.05) is 13.2 Å². The molecule has 0 saturated heterocycles. The van der Waals surface area contributed by atoms with E-state index in [-0.39, 0.29) is 0 Å². The molecule has 0 fully saturated rings. The number of aliphatic hydroxyl groups is 1. The second-order valence-electron chi connectivity index (χ2n) is 5.46. The SMILES string of the molecule is C=C(C)C(=O)OC(CO)COC(F)(F)C(F)(F)C(F)(F)C(F)(F)C(F)(F)C(F)F. The zero-order valence-corrected chi connectivity index (χ0v) is 14.0. The minimum Gasteiger partial charge on any atom is -0.454 e. The number of hydrogen-bond acceptors (Lipinski definition) is 4. The van der Waals surface area contributed by atoms with E-state index in [2.05, 4.69) is 16.1 Å². The Morgan fingerprint density at radius 1 is 0.931 bits per heavy atom. The first-order valence-corrected chi connectivity index (χ1v) is 6.99. The number of hydrogen-bond donors (Lipinski definition) is 1. The van der Waals surface area contributed by atoms with E-state index in [0.717, 1.165) is 6.92 Å². The minimum atomic E-state index is -7.74. The summed E-state index contributed by atoms with van der Waals surface area (Å²) in [6.07, 6.45) is -14.5. The summed E-state index contributed by atoms with van der Waals surface area (Å²) in [5.74, 6) is -31.4. The molecule has 0 aromatic heterocycles. The van der Waals surface area contributed by atoms with Gasteiger partial charge in [0.2, 0.25) is 0 Å². The lowest BCUT2D eigenvalue weighted by atomic mass is 9.98. The Morgan fingerprint density at radius 2 is 1.38 bits per heavy atom. The third-order valence-electron chi connectivity index (χ3n) is 3.12. The minimum absolute atomic E-state index is 0.402. The standard InChI is InChI=1S/C13H12F12O4/c1-5(2)7(27)29-6(3-26)4-28-13(24,25)12(22,23)11(20,21)10(18,19)9(16,17)8(14)15/h6,8,26H,1,3-4H2,2H3. The van der Waals surface area contributed by atoms with E-state index in [0.29, 0.717) is 0 Å². The summed E-state index contributed by atoms with van der Waals surface area (Å²) in [6.45, 7) is 0.584. The topological polar surface area (TPSA) is 55.8 Å². The van der Waals surface area contributed by atoms with Gasteiger partial charge in [0.05, 0.1) is 13.2 Å². The third-order valence-corrected chi connectivity index (χ3v) is 3.12. The van der Waals surface area contributed by atoms with Gasteiger partial charge in [-0.15, -0.1) is 0 Å². The summed E-state index contributed by atoms with van der Waals surface area (Å²) < 4.78 is 162. The molecule has 0 radical (unpaired) electrons. The van der Waals surface area contributed by atoms with Gasteiger partial charge < -0.3 is 14.6 Å². The van der Waals surface area contributed by atoms with Gasteiger partial charge in [0, 0.05) is 5.57 Å². The fourth-order valence-corrected chi connectivity index (χ4v) is 1.39. The van der Waals surface area contributed by atoms with E-state index in [1.165, 1.54) is 0 Å². The van der Waals surface area contributed by atoms with Crippen LogP contribution in [-0.2, 0) is 14.3 Å². The monoisotopic (exact) mass is 460 g/mol. The van der Waals surface area contributed by atoms with Gasteiger partial charge in [-0.1, -0.05) is 6.58 Å². The van der Waals surface area contributed by atoms with Gasteiger partial charge in [0.25, 0.3) is 0 Å². The van der Waals surface area contributed by atoms with E-state index < -0.39 is 67.1 Å². The molecule has 172 valence electrons. The van der Waals surface area contributed by atoms with E-state index in [9.17, 15) is 57.5 Å². The molecular weight excluding hydrogens is 448 g/mol. The van der Waals surface area contributed by atoms with Crippen molar-refractivity contribution >= 4 is 5.97 Å².